The lowest BCUT2D eigenvalue weighted by Gasteiger charge is -2.40. The lowest BCUT2D eigenvalue weighted by Crippen LogP contribution is -2.57. The van der Waals surface area contributed by atoms with Crippen molar-refractivity contribution in [3.8, 4) is 0 Å². The molecule has 8 heteroatoms. The maximum absolute atomic E-state index is 14.0. The molecule has 1 N–H and O–H groups in total. The first-order valence-electron chi connectivity index (χ1n) is 9.81. The average molecular weight is 449 g/mol. The van der Waals surface area contributed by atoms with Crippen LogP contribution in [-0.4, -0.2) is 34.9 Å². The molecule has 0 spiro atoms. The summed E-state index contributed by atoms with van der Waals surface area (Å²) in [7, 11) is 0. The van der Waals surface area contributed by atoms with Crippen molar-refractivity contribution in [2.75, 3.05) is 17.9 Å². The van der Waals surface area contributed by atoms with E-state index in [2.05, 4.69) is 5.32 Å². The number of anilines is 1. The highest BCUT2D eigenvalue weighted by Gasteiger charge is 2.43. The van der Waals surface area contributed by atoms with Crippen LogP contribution in [0.25, 0.3) is 5.57 Å². The van der Waals surface area contributed by atoms with Crippen LogP contribution < -0.4 is 5.32 Å². The fraction of sp³-hybridized carbons (Fsp3) is 0.304. The van der Waals surface area contributed by atoms with Crippen LogP contribution in [0, 0.1) is 11.6 Å². The molecule has 31 heavy (non-hydrogen) atoms. The summed E-state index contributed by atoms with van der Waals surface area (Å²) in [5, 5.41) is 2.37. The van der Waals surface area contributed by atoms with Crippen LogP contribution >= 0.6 is 11.6 Å². The Bertz CT molecular complexity index is 1010. The number of ether oxygens (including phenoxy) is 1. The van der Waals surface area contributed by atoms with Gasteiger partial charge in [0.1, 0.15) is 22.9 Å². The van der Waals surface area contributed by atoms with Crippen molar-refractivity contribution in [3.05, 3.63) is 71.5 Å². The summed E-state index contributed by atoms with van der Waals surface area (Å²) in [6, 6.07) is 11.8. The molecular formula is C23H23ClF2N2O3. The SMILES string of the molecule is CC(C)(C(=O)Nc1cc(F)ccc1F)N1COC(CCCCl)=C(c2ccccc2)C1=O. The Hall–Kier alpha value is -2.93. The lowest BCUT2D eigenvalue weighted by atomic mass is 9.95. The Morgan fingerprint density at radius 2 is 1.90 bits per heavy atom. The number of hydrogen-bond donors (Lipinski definition) is 1. The molecule has 2 aromatic rings. The van der Waals surface area contributed by atoms with Crippen LogP contribution in [0.3, 0.4) is 0 Å². The molecule has 2 amide bonds. The number of halogens is 3. The third kappa shape index (κ3) is 4.88. The number of benzene rings is 2. The number of amides is 2. The van der Waals surface area contributed by atoms with E-state index in [1.165, 1.54) is 18.7 Å². The molecule has 0 atom stereocenters. The summed E-state index contributed by atoms with van der Waals surface area (Å²) in [6.07, 6.45) is 1.11. The number of nitrogens with one attached hydrogen (secondary N) is 1. The smallest absolute Gasteiger partial charge is 0.261 e. The van der Waals surface area contributed by atoms with Crippen molar-refractivity contribution in [2.45, 2.75) is 32.2 Å². The van der Waals surface area contributed by atoms with Crippen molar-refractivity contribution < 1.29 is 23.1 Å². The predicted octanol–water partition coefficient (Wildman–Crippen LogP) is 4.93. The molecule has 1 heterocycles. The maximum Gasteiger partial charge on any atom is 0.261 e. The van der Waals surface area contributed by atoms with Gasteiger partial charge in [-0.3, -0.25) is 14.5 Å². The quantitative estimate of drug-likeness (QED) is 0.611. The number of nitrogens with zero attached hydrogens (tertiary/aromatic N) is 1. The molecule has 0 bridgehead atoms. The van der Waals surface area contributed by atoms with E-state index in [1.807, 2.05) is 6.07 Å². The number of allylic oxidation sites excluding steroid dienone is 1. The minimum atomic E-state index is -1.41. The Morgan fingerprint density at radius 3 is 2.58 bits per heavy atom. The normalized spacial score (nSPS) is 14.5. The van der Waals surface area contributed by atoms with E-state index in [0.29, 0.717) is 35.6 Å². The van der Waals surface area contributed by atoms with Crippen molar-refractivity contribution in [2.24, 2.45) is 0 Å². The molecule has 0 aliphatic carbocycles. The highest BCUT2D eigenvalue weighted by molar-refractivity contribution is 6.22. The molecule has 0 aromatic heterocycles. The molecule has 1 aliphatic heterocycles. The Morgan fingerprint density at radius 1 is 1.19 bits per heavy atom. The number of hydrogen-bond acceptors (Lipinski definition) is 3. The van der Waals surface area contributed by atoms with Gasteiger partial charge in [0.2, 0.25) is 5.91 Å². The van der Waals surface area contributed by atoms with Gasteiger partial charge in [0, 0.05) is 18.4 Å². The third-order valence-electron chi connectivity index (χ3n) is 5.11. The Kier molecular flexibility index (Phi) is 6.95. The molecule has 0 radical (unpaired) electrons. The Labute approximate surface area is 184 Å². The van der Waals surface area contributed by atoms with E-state index in [-0.39, 0.29) is 18.3 Å². The second-order valence-corrected chi connectivity index (χ2v) is 7.98. The number of carbonyl (C=O) groups excluding carboxylic acids is 2. The van der Waals surface area contributed by atoms with Crippen molar-refractivity contribution in [3.63, 3.8) is 0 Å². The summed E-state index contributed by atoms with van der Waals surface area (Å²) in [5.74, 6) is -1.60. The standard InChI is InChI=1S/C23H23ClF2N2O3/c1-23(2,22(30)27-18-13-16(25)10-11-17(18)26)28-14-31-19(9-6-12-24)20(21(28)29)15-7-4-3-5-8-15/h3-5,7-8,10-11,13H,6,9,12,14H2,1-2H3,(H,27,30). The topological polar surface area (TPSA) is 58.6 Å². The van der Waals surface area contributed by atoms with E-state index in [1.54, 1.807) is 24.3 Å². The molecular weight excluding hydrogens is 426 g/mol. The first kappa shape index (κ1) is 22.7. The van der Waals surface area contributed by atoms with Crippen LogP contribution in [0.2, 0.25) is 0 Å². The first-order chi connectivity index (χ1) is 14.8. The highest BCUT2D eigenvalue weighted by atomic mass is 35.5. The fourth-order valence-corrected chi connectivity index (χ4v) is 3.38. The summed E-state index contributed by atoms with van der Waals surface area (Å²) in [6.45, 7) is 2.89. The molecule has 2 aromatic carbocycles. The van der Waals surface area contributed by atoms with E-state index in [0.717, 1.165) is 18.2 Å². The third-order valence-corrected chi connectivity index (χ3v) is 5.38. The van der Waals surface area contributed by atoms with Gasteiger partial charge in [-0.15, -0.1) is 11.6 Å². The summed E-state index contributed by atoms with van der Waals surface area (Å²) in [5.41, 5.74) is -0.692. The van der Waals surface area contributed by atoms with Crippen molar-refractivity contribution >= 4 is 34.7 Å². The number of alkyl halides is 1. The zero-order valence-corrected chi connectivity index (χ0v) is 18.0. The van der Waals surface area contributed by atoms with E-state index >= 15 is 0 Å². The molecule has 0 unspecified atom stereocenters. The number of carbonyl (C=O) groups is 2. The zero-order chi connectivity index (χ0) is 22.6. The summed E-state index contributed by atoms with van der Waals surface area (Å²) in [4.78, 5) is 27.7. The van der Waals surface area contributed by atoms with Gasteiger partial charge in [-0.1, -0.05) is 30.3 Å². The Balaban J connectivity index is 1.91. The van der Waals surface area contributed by atoms with E-state index in [9.17, 15) is 18.4 Å². The predicted molar refractivity (Wildman–Crippen MR) is 115 cm³/mol. The van der Waals surface area contributed by atoms with Crippen LogP contribution in [0.15, 0.2) is 54.3 Å². The van der Waals surface area contributed by atoms with Gasteiger partial charge in [-0.05, 0) is 38.0 Å². The molecule has 0 fully saturated rings. The van der Waals surface area contributed by atoms with Gasteiger partial charge < -0.3 is 10.1 Å². The average Bonchev–Trinajstić information content (AvgIpc) is 2.75. The first-order valence-corrected chi connectivity index (χ1v) is 10.3. The van der Waals surface area contributed by atoms with Gasteiger partial charge in [-0.2, -0.15) is 0 Å². The zero-order valence-electron chi connectivity index (χ0n) is 17.3. The van der Waals surface area contributed by atoms with Crippen molar-refractivity contribution in [1.29, 1.82) is 0 Å². The molecule has 0 saturated carbocycles. The fourth-order valence-electron chi connectivity index (χ4n) is 3.25. The van der Waals surface area contributed by atoms with Gasteiger partial charge >= 0.3 is 0 Å². The lowest BCUT2D eigenvalue weighted by molar-refractivity contribution is -0.147. The van der Waals surface area contributed by atoms with Crippen LogP contribution in [0.1, 0.15) is 32.3 Å². The minimum absolute atomic E-state index is 0.154. The minimum Gasteiger partial charge on any atom is -0.476 e. The van der Waals surface area contributed by atoms with Gasteiger partial charge in [0.15, 0.2) is 6.73 Å². The molecule has 3 rings (SSSR count). The number of rotatable bonds is 7. The largest absolute Gasteiger partial charge is 0.476 e. The van der Waals surface area contributed by atoms with Gasteiger partial charge in [0.25, 0.3) is 5.91 Å². The molecule has 164 valence electrons. The van der Waals surface area contributed by atoms with Crippen LogP contribution in [-0.2, 0) is 14.3 Å². The maximum atomic E-state index is 14.0. The molecule has 0 saturated heterocycles. The summed E-state index contributed by atoms with van der Waals surface area (Å²) >= 11 is 5.81. The van der Waals surface area contributed by atoms with Gasteiger partial charge in [-0.25, -0.2) is 8.78 Å². The second kappa shape index (κ2) is 9.47. The highest BCUT2D eigenvalue weighted by Crippen LogP contribution is 2.33. The van der Waals surface area contributed by atoms with E-state index in [4.69, 9.17) is 16.3 Å². The van der Waals surface area contributed by atoms with Crippen LogP contribution in [0.4, 0.5) is 14.5 Å². The molecule has 5 nitrogen and oxygen atoms in total. The molecule has 1 aliphatic rings. The van der Waals surface area contributed by atoms with Gasteiger partial charge in [0.05, 0.1) is 11.3 Å². The van der Waals surface area contributed by atoms with E-state index < -0.39 is 23.1 Å². The monoisotopic (exact) mass is 448 g/mol. The summed E-state index contributed by atoms with van der Waals surface area (Å²) < 4.78 is 33.3. The second-order valence-electron chi connectivity index (χ2n) is 7.60. The van der Waals surface area contributed by atoms with Crippen molar-refractivity contribution in [1.82, 2.24) is 4.90 Å². The van der Waals surface area contributed by atoms with Crippen LogP contribution in [0.5, 0.6) is 0 Å².